The summed E-state index contributed by atoms with van der Waals surface area (Å²) in [4.78, 5) is 9.22. The average Bonchev–Trinajstić information content (AvgIpc) is 2.70. The maximum Gasteiger partial charge on any atom is 0.230 e. The van der Waals surface area contributed by atoms with E-state index in [9.17, 15) is 0 Å². The Bertz CT molecular complexity index is 749. The van der Waals surface area contributed by atoms with E-state index in [-0.39, 0.29) is 0 Å². The Kier molecular flexibility index (Phi) is 7.47. The first-order valence-electron chi connectivity index (χ1n) is 9.51. The molecule has 1 aliphatic heterocycles. The Morgan fingerprint density at radius 1 is 1.04 bits per heavy atom. The number of ether oxygens (including phenoxy) is 3. The van der Waals surface area contributed by atoms with Gasteiger partial charge in [0.15, 0.2) is 11.5 Å². The van der Waals surface area contributed by atoms with Gasteiger partial charge in [-0.15, -0.1) is 0 Å². The molecule has 0 spiro atoms. The second kappa shape index (κ2) is 10.5. The highest BCUT2D eigenvalue weighted by atomic mass is 16.5. The Morgan fingerprint density at radius 3 is 2.78 bits per heavy atom. The third kappa shape index (κ3) is 5.69. The van der Waals surface area contributed by atoms with E-state index < -0.39 is 0 Å². The van der Waals surface area contributed by atoms with Crippen molar-refractivity contribution in [2.45, 2.75) is 25.7 Å². The largest absolute Gasteiger partial charge is 0.490 e. The van der Waals surface area contributed by atoms with Crippen LogP contribution in [0.1, 0.15) is 31.2 Å². The fraction of sp³-hybridized carbons (Fsp3) is 0.429. The van der Waals surface area contributed by atoms with Crippen molar-refractivity contribution in [2.75, 3.05) is 33.4 Å². The van der Waals surface area contributed by atoms with Gasteiger partial charge in [-0.3, -0.25) is 4.99 Å². The highest BCUT2D eigenvalue weighted by Crippen LogP contribution is 2.32. The van der Waals surface area contributed by atoms with Crippen LogP contribution in [0.15, 0.2) is 47.6 Å². The van der Waals surface area contributed by atoms with Gasteiger partial charge in [0.1, 0.15) is 5.84 Å². The molecule has 6 nitrogen and oxygen atoms in total. The minimum absolute atomic E-state index is 0.509. The fourth-order valence-electron chi connectivity index (χ4n) is 2.86. The van der Waals surface area contributed by atoms with Crippen molar-refractivity contribution in [1.82, 2.24) is 10.3 Å². The molecule has 0 fully saturated rings. The first-order valence-corrected chi connectivity index (χ1v) is 9.51. The Labute approximate surface area is 160 Å². The molecule has 1 aliphatic rings. The lowest BCUT2D eigenvalue weighted by atomic mass is 10.2. The molecule has 27 heavy (non-hydrogen) atoms. The molecule has 3 rings (SSSR count). The normalized spacial score (nSPS) is 15.2. The summed E-state index contributed by atoms with van der Waals surface area (Å²) in [6.07, 6.45) is 6.05. The second-order valence-corrected chi connectivity index (χ2v) is 6.32. The van der Waals surface area contributed by atoms with Crippen LogP contribution in [0, 0.1) is 0 Å². The third-order valence-corrected chi connectivity index (χ3v) is 4.26. The van der Waals surface area contributed by atoms with Gasteiger partial charge >= 0.3 is 0 Å². The maximum absolute atomic E-state index is 6.13. The van der Waals surface area contributed by atoms with Gasteiger partial charge in [0.2, 0.25) is 5.88 Å². The van der Waals surface area contributed by atoms with E-state index in [2.05, 4.69) is 10.3 Å². The molecule has 144 valence electrons. The lowest BCUT2D eigenvalue weighted by Crippen LogP contribution is -2.29. The summed E-state index contributed by atoms with van der Waals surface area (Å²) < 4.78 is 17.2. The number of rotatable bonds is 3. The minimum Gasteiger partial charge on any atom is -0.490 e. The minimum atomic E-state index is 0.509. The topological polar surface area (TPSA) is 65.0 Å². The van der Waals surface area contributed by atoms with E-state index in [0.29, 0.717) is 31.4 Å². The van der Waals surface area contributed by atoms with Crippen LogP contribution in [0.4, 0.5) is 0 Å². The number of amidine groups is 1. The Morgan fingerprint density at radius 2 is 1.89 bits per heavy atom. The van der Waals surface area contributed by atoms with Crippen LogP contribution in [-0.4, -0.2) is 44.2 Å². The van der Waals surface area contributed by atoms with Gasteiger partial charge in [0.05, 0.1) is 18.8 Å². The first kappa shape index (κ1) is 19.2. The summed E-state index contributed by atoms with van der Waals surface area (Å²) in [7, 11) is 1.69. The van der Waals surface area contributed by atoms with E-state index >= 15 is 0 Å². The van der Waals surface area contributed by atoms with Crippen molar-refractivity contribution in [3.63, 3.8) is 0 Å². The van der Waals surface area contributed by atoms with Crippen molar-refractivity contribution in [1.29, 1.82) is 0 Å². The molecule has 0 aliphatic carbocycles. The van der Waals surface area contributed by atoms with Gasteiger partial charge < -0.3 is 19.5 Å². The number of aromatic nitrogens is 1. The molecule has 1 aromatic heterocycles. The predicted molar refractivity (Wildman–Crippen MR) is 106 cm³/mol. The van der Waals surface area contributed by atoms with Crippen LogP contribution < -0.4 is 14.8 Å². The molecule has 1 aromatic carbocycles. The quantitative estimate of drug-likeness (QED) is 0.834. The van der Waals surface area contributed by atoms with Gasteiger partial charge in [-0.05, 0) is 43.5 Å². The molecule has 0 radical (unpaired) electrons. The molecule has 0 atom stereocenters. The third-order valence-electron chi connectivity index (χ3n) is 4.26. The van der Waals surface area contributed by atoms with Gasteiger partial charge in [-0.2, -0.15) is 0 Å². The number of methoxy groups -OCH3 is 1. The number of benzene rings is 1. The fourth-order valence-corrected chi connectivity index (χ4v) is 2.86. The highest BCUT2D eigenvalue weighted by molar-refractivity contribution is 6.00. The average molecular weight is 369 g/mol. The van der Waals surface area contributed by atoms with Crippen LogP contribution in [0.3, 0.4) is 0 Å². The van der Waals surface area contributed by atoms with Crippen LogP contribution in [0.25, 0.3) is 0 Å². The molecule has 6 heteroatoms. The number of aliphatic imine (C=N–C) groups is 1. The van der Waals surface area contributed by atoms with E-state index in [4.69, 9.17) is 19.2 Å². The van der Waals surface area contributed by atoms with Crippen molar-refractivity contribution in [3.05, 3.63) is 48.2 Å². The van der Waals surface area contributed by atoms with Crippen LogP contribution >= 0.6 is 0 Å². The summed E-state index contributed by atoms with van der Waals surface area (Å²) in [6, 6.07) is 11.6. The summed E-state index contributed by atoms with van der Waals surface area (Å²) in [5.41, 5.74) is 0.834. The number of pyridine rings is 1. The molecule has 0 saturated heterocycles. The number of nitrogens with one attached hydrogen (secondary N) is 1. The zero-order valence-corrected chi connectivity index (χ0v) is 15.8. The Balaban J connectivity index is 1.93. The van der Waals surface area contributed by atoms with Gasteiger partial charge in [-0.25, -0.2) is 4.98 Å². The summed E-state index contributed by atoms with van der Waals surface area (Å²) in [5.74, 6) is 2.68. The van der Waals surface area contributed by atoms with E-state index in [0.717, 1.165) is 49.4 Å². The summed E-state index contributed by atoms with van der Waals surface area (Å²) in [5, 5.41) is 3.36. The molecule has 1 N–H and O–H groups in total. The molecule has 0 amide bonds. The standard InChI is InChI=1S/C21H27N3O3/c1-25-16-14-23-20-17-9-8-13-24-21(17)27-19-11-5-4-10-18(19)26-15-7-3-2-6-12-22-20/h4-5,8-11,13H,2-3,6-7,12,14-16H2,1H3,(H,22,23). The van der Waals surface area contributed by atoms with Crippen LogP contribution in [0.5, 0.6) is 17.4 Å². The van der Waals surface area contributed by atoms with Crippen molar-refractivity contribution in [2.24, 2.45) is 4.99 Å². The smallest absolute Gasteiger partial charge is 0.230 e. The summed E-state index contributed by atoms with van der Waals surface area (Å²) >= 11 is 0. The van der Waals surface area contributed by atoms with E-state index in [1.54, 1.807) is 13.3 Å². The first-order chi connectivity index (χ1) is 13.4. The van der Waals surface area contributed by atoms with Crippen molar-refractivity contribution in [3.8, 4) is 17.4 Å². The van der Waals surface area contributed by atoms with Crippen molar-refractivity contribution >= 4 is 5.84 Å². The molecule has 2 heterocycles. The van der Waals surface area contributed by atoms with Gasteiger partial charge in [0.25, 0.3) is 0 Å². The zero-order valence-electron chi connectivity index (χ0n) is 15.8. The van der Waals surface area contributed by atoms with Crippen LogP contribution in [0.2, 0.25) is 0 Å². The molecule has 2 aromatic rings. The van der Waals surface area contributed by atoms with Gasteiger partial charge in [0, 0.05) is 26.4 Å². The highest BCUT2D eigenvalue weighted by Gasteiger charge is 2.15. The summed E-state index contributed by atoms with van der Waals surface area (Å²) in [6.45, 7) is 2.72. The number of nitrogens with zero attached hydrogens (tertiary/aromatic N) is 2. The monoisotopic (exact) mass is 369 g/mol. The number of hydrogen-bond donors (Lipinski definition) is 1. The number of fused-ring (bicyclic) bond motifs is 2. The van der Waals surface area contributed by atoms with Gasteiger partial charge in [-0.1, -0.05) is 18.6 Å². The molecular formula is C21H27N3O3. The molecular weight excluding hydrogens is 342 g/mol. The molecule has 0 unspecified atom stereocenters. The van der Waals surface area contributed by atoms with E-state index in [1.807, 2.05) is 36.4 Å². The Hall–Kier alpha value is -2.60. The predicted octanol–water partition coefficient (Wildman–Crippen LogP) is 3.81. The second-order valence-electron chi connectivity index (χ2n) is 6.32. The lowest BCUT2D eigenvalue weighted by Gasteiger charge is -2.16. The van der Waals surface area contributed by atoms with Crippen molar-refractivity contribution < 1.29 is 14.2 Å². The zero-order chi connectivity index (χ0) is 18.7. The van der Waals surface area contributed by atoms with E-state index in [1.165, 1.54) is 0 Å². The molecule has 0 bridgehead atoms. The number of hydrogen-bond acceptors (Lipinski definition) is 6. The lowest BCUT2D eigenvalue weighted by molar-refractivity contribution is 0.204. The van der Waals surface area contributed by atoms with Crippen LogP contribution in [-0.2, 0) is 4.74 Å². The SMILES string of the molecule is COCCNC1=NCCCCCCOc2ccccc2Oc2ncccc21. The molecule has 0 saturated carbocycles. The number of para-hydroxylation sites is 2. The maximum atomic E-state index is 6.13.